The number of carbonyl (C=O) groups is 2. The fourth-order valence-electron chi connectivity index (χ4n) is 4.25. The van der Waals surface area contributed by atoms with Crippen LogP contribution in [0.15, 0.2) is 87.0 Å². The summed E-state index contributed by atoms with van der Waals surface area (Å²) in [5.74, 6) is -2.07. The van der Waals surface area contributed by atoms with Crippen LogP contribution >= 0.6 is 38.9 Å². The molecule has 1 amide bonds. The molecule has 1 aliphatic rings. The smallest absolute Gasteiger partial charge is 0.296 e. The van der Waals surface area contributed by atoms with Gasteiger partial charge in [-0.1, -0.05) is 51.0 Å². The molecule has 2 aromatic heterocycles. The van der Waals surface area contributed by atoms with E-state index in [9.17, 15) is 19.8 Å². The van der Waals surface area contributed by atoms with Crippen molar-refractivity contribution in [2.45, 2.75) is 6.04 Å². The maximum atomic E-state index is 13.7. The Morgan fingerprint density at radius 3 is 2.61 bits per heavy atom. The van der Waals surface area contributed by atoms with Gasteiger partial charge >= 0.3 is 0 Å². The molecule has 0 radical (unpaired) electrons. The average Bonchev–Trinajstić information content (AvgIpc) is 3.53. The number of benzene rings is 3. The Morgan fingerprint density at radius 1 is 1.06 bits per heavy atom. The van der Waals surface area contributed by atoms with Crippen LogP contribution in [0.3, 0.4) is 0 Å². The normalized spacial score (nSPS) is 16.0. The van der Waals surface area contributed by atoms with Gasteiger partial charge in [-0.3, -0.25) is 14.5 Å². The van der Waals surface area contributed by atoms with Crippen molar-refractivity contribution in [3.63, 3.8) is 0 Å². The molecule has 1 atom stereocenters. The van der Waals surface area contributed by atoms with Gasteiger partial charge in [0, 0.05) is 14.9 Å². The van der Waals surface area contributed by atoms with E-state index in [4.69, 9.17) is 16.0 Å². The van der Waals surface area contributed by atoms with Crippen LogP contribution in [0.4, 0.5) is 5.13 Å². The lowest BCUT2D eigenvalue weighted by molar-refractivity contribution is -0.117. The number of thiazole rings is 1. The predicted molar refractivity (Wildman–Crippen MR) is 141 cm³/mol. The van der Waals surface area contributed by atoms with E-state index < -0.39 is 23.5 Å². The first-order valence-electron chi connectivity index (χ1n) is 10.7. The van der Waals surface area contributed by atoms with Crippen molar-refractivity contribution >= 4 is 76.9 Å². The number of furan rings is 1. The minimum Gasteiger partial charge on any atom is -0.508 e. The first-order chi connectivity index (χ1) is 17.3. The zero-order valence-corrected chi connectivity index (χ0v) is 21.3. The number of ketones is 1. The molecular weight excluding hydrogens is 568 g/mol. The van der Waals surface area contributed by atoms with Crippen molar-refractivity contribution in [2.24, 2.45) is 0 Å². The molecule has 0 aliphatic carbocycles. The second-order valence-electron chi connectivity index (χ2n) is 8.16. The number of aliphatic hydroxyl groups excluding tert-OH is 1. The number of anilines is 1. The third kappa shape index (κ3) is 3.67. The fraction of sp³-hybridized carbons (Fsp3) is 0.0385. The molecule has 10 heteroatoms. The highest BCUT2D eigenvalue weighted by Gasteiger charge is 2.46. The number of hydrogen-bond acceptors (Lipinski definition) is 7. The number of aliphatic hydroxyl groups is 1. The minimum atomic E-state index is -0.999. The lowest BCUT2D eigenvalue weighted by atomic mass is 9.95. The zero-order chi connectivity index (χ0) is 25.1. The van der Waals surface area contributed by atoms with Crippen LogP contribution in [-0.2, 0) is 4.79 Å². The summed E-state index contributed by atoms with van der Waals surface area (Å²) in [4.78, 5) is 32.9. The molecule has 1 aliphatic heterocycles. The third-order valence-corrected chi connectivity index (χ3v) is 7.65. The van der Waals surface area contributed by atoms with Gasteiger partial charge in [-0.15, -0.1) is 0 Å². The number of phenolic OH excluding ortho intramolecular Hbond substituents is 1. The van der Waals surface area contributed by atoms with Gasteiger partial charge in [0.05, 0.1) is 21.8 Å². The number of hydrogen-bond donors (Lipinski definition) is 2. The SMILES string of the molecule is O=C(C1=C(O)C(=O)N(c2nc3ccc(Cl)cc3s2)C1c1ccc(O)cc1)c1cc2cc(Br)ccc2o1. The molecule has 0 fully saturated rings. The van der Waals surface area contributed by atoms with Gasteiger partial charge in [-0.25, -0.2) is 4.98 Å². The van der Waals surface area contributed by atoms with Gasteiger partial charge in [0.2, 0.25) is 5.78 Å². The lowest BCUT2D eigenvalue weighted by Crippen LogP contribution is -2.30. The molecular formula is C26H14BrClN2O5S. The number of aromatic nitrogens is 1. The summed E-state index contributed by atoms with van der Waals surface area (Å²) < 4.78 is 7.34. The molecule has 178 valence electrons. The summed E-state index contributed by atoms with van der Waals surface area (Å²) in [5.41, 5.74) is 1.48. The summed E-state index contributed by atoms with van der Waals surface area (Å²) in [6.45, 7) is 0. The van der Waals surface area contributed by atoms with E-state index in [0.717, 1.165) is 9.17 Å². The van der Waals surface area contributed by atoms with Crippen molar-refractivity contribution in [1.82, 2.24) is 4.98 Å². The van der Waals surface area contributed by atoms with E-state index in [1.807, 2.05) is 0 Å². The van der Waals surface area contributed by atoms with E-state index in [-0.39, 0.29) is 17.1 Å². The first kappa shape index (κ1) is 22.8. The number of phenols is 1. The van der Waals surface area contributed by atoms with E-state index in [1.165, 1.54) is 28.4 Å². The van der Waals surface area contributed by atoms with Gasteiger partial charge in [-0.2, -0.15) is 0 Å². The second kappa shape index (κ2) is 8.48. The van der Waals surface area contributed by atoms with Crippen LogP contribution in [0.25, 0.3) is 21.2 Å². The van der Waals surface area contributed by atoms with Crippen molar-refractivity contribution in [3.05, 3.63) is 98.9 Å². The van der Waals surface area contributed by atoms with Gasteiger partial charge in [0.1, 0.15) is 11.3 Å². The minimum absolute atomic E-state index is 0.0147. The maximum Gasteiger partial charge on any atom is 0.296 e. The van der Waals surface area contributed by atoms with Crippen LogP contribution in [0.5, 0.6) is 5.75 Å². The van der Waals surface area contributed by atoms with Crippen molar-refractivity contribution < 1.29 is 24.2 Å². The molecule has 7 nitrogen and oxygen atoms in total. The molecule has 6 rings (SSSR count). The molecule has 0 spiro atoms. The average molecular weight is 582 g/mol. The third-order valence-electron chi connectivity index (χ3n) is 5.91. The number of fused-ring (bicyclic) bond motifs is 2. The van der Waals surface area contributed by atoms with E-state index in [1.54, 1.807) is 54.6 Å². The Labute approximate surface area is 221 Å². The van der Waals surface area contributed by atoms with Crippen molar-refractivity contribution in [2.75, 3.05) is 4.90 Å². The van der Waals surface area contributed by atoms with Crippen LogP contribution in [0, 0.1) is 0 Å². The van der Waals surface area contributed by atoms with Gasteiger partial charge in [0.15, 0.2) is 16.7 Å². The van der Waals surface area contributed by atoms with E-state index in [0.29, 0.717) is 32.2 Å². The number of Topliss-reactive ketones (excluding diaryl/α,β-unsaturated/α-hetero) is 1. The Morgan fingerprint density at radius 2 is 1.83 bits per heavy atom. The number of carbonyl (C=O) groups excluding carboxylic acids is 2. The Kier molecular flexibility index (Phi) is 5.36. The molecule has 0 bridgehead atoms. The van der Waals surface area contributed by atoms with Gasteiger partial charge < -0.3 is 14.6 Å². The second-order valence-corrected chi connectivity index (χ2v) is 10.5. The molecule has 3 heterocycles. The number of aromatic hydroxyl groups is 1. The quantitative estimate of drug-likeness (QED) is 0.223. The number of nitrogens with zero attached hydrogens (tertiary/aromatic N) is 2. The highest BCUT2D eigenvalue weighted by Crippen LogP contribution is 2.45. The molecule has 0 saturated heterocycles. The van der Waals surface area contributed by atoms with E-state index >= 15 is 0 Å². The number of rotatable bonds is 4. The Balaban J connectivity index is 1.51. The predicted octanol–water partition coefficient (Wildman–Crippen LogP) is 6.95. The number of halogens is 2. The molecule has 5 aromatic rings. The largest absolute Gasteiger partial charge is 0.508 e. The van der Waals surface area contributed by atoms with Crippen molar-refractivity contribution in [1.29, 1.82) is 0 Å². The molecule has 0 saturated carbocycles. The van der Waals surface area contributed by atoms with Crippen LogP contribution < -0.4 is 4.90 Å². The summed E-state index contributed by atoms with van der Waals surface area (Å²) >= 11 is 10.7. The van der Waals surface area contributed by atoms with Crippen LogP contribution in [0.1, 0.15) is 22.2 Å². The zero-order valence-electron chi connectivity index (χ0n) is 18.1. The van der Waals surface area contributed by atoms with Crippen LogP contribution in [-0.4, -0.2) is 26.9 Å². The summed E-state index contributed by atoms with van der Waals surface area (Å²) in [5, 5.41) is 22.3. The lowest BCUT2D eigenvalue weighted by Gasteiger charge is -2.24. The first-order valence-corrected chi connectivity index (χ1v) is 12.6. The van der Waals surface area contributed by atoms with E-state index in [2.05, 4.69) is 20.9 Å². The van der Waals surface area contributed by atoms with Gasteiger partial charge in [-0.05, 0) is 60.2 Å². The van der Waals surface area contributed by atoms with Crippen LogP contribution in [0.2, 0.25) is 5.02 Å². The molecule has 36 heavy (non-hydrogen) atoms. The number of amides is 1. The maximum absolute atomic E-state index is 13.7. The van der Waals surface area contributed by atoms with Crippen molar-refractivity contribution in [3.8, 4) is 5.75 Å². The summed E-state index contributed by atoms with van der Waals surface area (Å²) in [6.07, 6.45) is 0. The molecule has 2 N–H and O–H groups in total. The summed E-state index contributed by atoms with van der Waals surface area (Å²) in [6, 6.07) is 17.1. The Hall–Kier alpha value is -3.66. The molecule has 1 unspecified atom stereocenters. The standard InChI is InChI=1S/C26H14BrClN2O5S/c27-14-3-8-18-13(9-14)10-19(35-18)23(32)21-22(12-1-5-16(31)6-2-12)30(25(34)24(21)33)26-29-17-7-4-15(28)11-20(17)36-26/h1-11,22,31,33H. The summed E-state index contributed by atoms with van der Waals surface area (Å²) in [7, 11) is 0. The topological polar surface area (TPSA) is 104 Å². The highest BCUT2D eigenvalue weighted by atomic mass is 79.9. The van der Waals surface area contributed by atoms with Gasteiger partial charge in [0.25, 0.3) is 5.91 Å². The molecule has 3 aromatic carbocycles. The Bertz CT molecular complexity index is 1740. The fourth-order valence-corrected chi connectivity index (χ4v) is 5.90. The monoisotopic (exact) mass is 580 g/mol. The highest BCUT2D eigenvalue weighted by molar-refractivity contribution is 9.10.